The van der Waals surface area contributed by atoms with Gasteiger partial charge < -0.3 is 9.47 Å². The van der Waals surface area contributed by atoms with E-state index in [0.29, 0.717) is 25.0 Å². The van der Waals surface area contributed by atoms with Crippen molar-refractivity contribution in [1.29, 1.82) is 0 Å². The van der Waals surface area contributed by atoms with E-state index in [4.69, 9.17) is 0 Å². The lowest BCUT2D eigenvalue weighted by Crippen LogP contribution is -2.15. The quantitative estimate of drug-likeness (QED) is 0.385. The maximum absolute atomic E-state index is 11.5. The van der Waals surface area contributed by atoms with Gasteiger partial charge in [-0.1, -0.05) is 40.9 Å². The summed E-state index contributed by atoms with van der Waals surface area (Å²) in [6, 6.07) is 0. The molecule has 0 atom stereocenters. The predicted molar refractivity (Wildman–Crippen MR) is 88.5 cm³/mol. The van der Waals surface area contributed by atoms with Gasteiger partial charge in [-0.3, -0.25) is 0 Å². The number of ether oxygens (including phenoxy) is 2. The third kappa shape index (κ3) is 9.50. The highest BCUT2D eigenvalue weighted by Crippen LogP contribution is 2.11. The number of carbonyl (C=O) groups is 4. The van der Waals surface area contributed by atoms with Crippen LogP contribution in [0.3, 0.4) is 0 Å². The molecule has 6 heteroatoms. The van der Waals surface area contributed by atoms with Gasteiger partial charge in [-0.05, 0) is 24.7 Å². The van der Waals surface area contributed by atoms with Crippen LogP contribution in [0.1, 0.15) is 40.5 Å². The Morgan fingerprint density at radius 1 is 0.750 bits per heavy atom. The Morgan fingerprint density at radius 3 is 1.29 bits per heavy atom. The molecule has 0 heterocycles. The molecular weight excluding hydrogens is 312 g/mol. The summed E-state index contributed by atoms with van der Waals surface area (Å²) in [6.45, 7) is 14.6. The van der Waals surface area contributed by atoms with Crippen LogP contribution >= 0.6 is 0 Å². The van der Waals surface area contributed by atoms with E-state index >= 15 is 0 Å². The van der Waals surface area contributed by atoms with Crippen LogP contribution in [0.15, 0.2) is 36.5 Å². The van der Waals surface area contributed by atoms with E-state index in [1.54, 1.807) is 0 Å². The van der Waals surface area contributed by atoms with E-state index in [9.17, 15) is 19.2 Å². The normalized spacial score (nSPS) is 10.8. The molecule has 0 aliphatic rings. The van der Waals surface area contributed by atoms with Crippen molar-refractivity contribution in [3.05, 3.63) is 36.5 Å². The van der Waals surface area contributed by atoms with Gasteiger partial charge in [-0.15, -0.1) is 0 Å². The van der Waals surface area contributed by atoms with Crippen LogP contribution in [0, 0.1) is 11.8 Å². The van der Waals surface area contributed by atoms with Gasteiger partial charge in [0, 0.05) is 23.3 Å². The van der Waals surface area contributed by atoms with E-state index in [1.165, 1.54) is 0 Å². The molecular formula is C18H24O6. The van der Waals surface area contributed by atoms with Crippen molar-refractivity contribution in [2.24, 2.45) is 11.8 Å². The molecule has 0 spiro atoms. The van der Waals surface area contributed by atoms with Crippen LogP contribution < -0.4 is 0 Å². The van der Waals surface area contributed by atoms with Crippen molar-refractivity contribution in [2.75, 3.05) is 0 Å². The summed E-state index contributed by atoms with van der Waals surface area (Å²) in [5, 5.41) is 0. The third-order valence-corrected chi connectivity index (χ3v) is 2.63. The average molecular weight is 336 g/mol. The van der Waals surface area contributed by atoms with E-state index < -0.39 is 23.9 Å². The molecule has 0 rings (SSSR count). The SMILES string of the molecule is C=C(CC(C)C)C(=O)OC(=O)/C=C\C(=O)OC(=O)C(=C)CC(C)C. The Bertz CT molecular complexity index is 516. The molecule has 0 aromatic heterocycles. The molecule has 0 aromatic rings. The molecule has 0 N–H and O–H groups in total. The highest BCUT2D eigenvalue weighted by atomic mass is 16.6. The Hall–Kier alpha value is -2.50. The van der Waals surface area contributed by atoms with Gasteiger partial charge >= 0.3 is 23.9 Å². The third-order valence-electron chi connectivity index (χ3n) is 2.63. The Kier molecular flexibility index (Phi) is 9.23. The first kappa shape index (κ1) is 21.5. The maximum Gasteiger partial charge on any atom is 0.341 e. The van der Waals surface area contributed by atoms with Gasteiger partial charge in [-0.2, -0.15) is 0 Å². The van der Waals surface area contributed by atoms with Crippen LogP contribution in [-0.2, 0) is 28.7 Å². The lowest BCUT2D eigenvalue weighted by Gasteiger charge is -2.06. The minimum absolute atomic E-state index is 0.162. The molecule has 0 bridgehead atoms. The fourth-order valence-electron chi connectivity index (χ4n) is 1.68. The maximum atomic E-state index is 11.5. The van der Waals surface area contributed by atoms with Gasteiger partial charge in [0.15, 0.2) is 0 Å². The summed E-state index contributed by atoms with van der Waals surface area (Å²) in [4.78, 5) is 46.0. The molecule has 0 unspecified atom stereocenters. The van der Waals surface area contributed by atoms with Gasteiger partial charge in [0.05, 0.1) is 0 Å². The van der Waals surface area contributed by atoms with E-state index in [-0.39, 0.29) is 23.0 Å². The first-order chi connectivity index (χ1) is 11.0. The Balaban J connectivity index is 4.42. The average Bonchev–Trinajstić information content (AvgIpc) is 2.43. The zero-order chi connectivity index (χ0) is 18.9. The molecule has 0 aromatic carbocycles. The van der Waals surface area contributed by atoms with Crippen molar-refractivity contribution >= 4 is 23.9 Å². The van der Waals surface area contributed by atoms with Gasteiger partial charge in [0.1, 0.15) is 0 Å². The molecule has 0 saturated heterocycles. The zero-order valence-electron chi connectivity index (χ0n) is 14.6. The monoisotopic (exact) mass is 336 g/mol. The predicted octanol–water partition coefficient (Wildman–Crippen LogP) is 2.89. The van der Waals surface area contributed by atoms with Crippen LogP contribution in [0.25, 0.3) is 0 Å². The lowest BCUT2D eigenvalue weighted by molar-refractivity contribution is -0.156. The summed E-state index contributed by atoms with van der Waals surface area (Å²) >= 11 is 0. The summed E-state index contributed by atoms with van der Waals surface area (Å²) in [5.41, 5.74) is 0.323. The fourth-order valence-corrected chi connectivity index (χ4v) is 1.68. The minimum Gasteiger partial charge on any atom is -0.386 e. The molecule has 0 fully saturated rings. The van der Waals surface area contributed by atoms with Crippen molar-refractivity contribution in [1.82, 2.24) is 0 Å². The summed E-state index contributed by atoms with van der Waals surface area (Å²) < 4.78 is 8.99. The molecule has 0 amide bonds. The Morgan fingerprint density at radius 2 is 1.04 bits per heavy atom. The van der Waals surface area contributed by atoms with Crippen LogP contribution in [0.2, 0.25) is 0 Å². The van der Waals surface area contributed by atoms with Gasteiger partial charge in [-0.25, -0.2) is 19.2 Å². The minimum atomic E-state index is -1.05. The van der Waals surface area contributed by atoms with E-state index in [0.717, 1.165) is 0 Å². The topological polar surface area (TPSA) is 86.7 Å². The molecule has 24 heavy (non-hydrogen) atoms. The summed E-state index contributed by atoms with van der Waals surface area (Å²) in [7, 11) is 0. The summed E-state index contributed by atoms with van der Waals surface area (Å²) in [6.07, 6.45) is 2.21. The van der Waals surface area contributed by atoms with Crippen molar-refractivity contribution < 1.29 is 28.7 Å². The standard InChI is InChI=1S/C18H24O6/c1-11(2)9-13(5)17(21)23-15(19)7-8-16(20)24-18(22)14(6)10-12(3)4/h7-8,11-12H,5-6,9-10H2,1-4H3/b8-7-. The summed E-state index contributed by atoms with van der Waals surface area (Å²) in [5.74, 6) is -3.42. The second-order valence-electron chi connectivity index (χ2n) is 6.15. The smallest absolute Gasteiger partial charge is 0.341 e. The first-order valence-corrected chi connectivity index (χ1v) is 7.58. The second kappa shape index (κ2) is 10.3. The largest absolute Gasteiger partial charge is 0.386 e. The molecule has 0 aliphatic heterocycles. The molecule has 0 saturated carbocycles. The number of hydrogen-bond donors (Lipinski definition) is 0. The lowest BCUT2D eigenvalue weighted by atomic mass is 10.1. The number of hydrogen-bond acceptors (Lipinski definition) is 6. The zero-order valence-corrected chi connectivity index (χ0v) is 14.6. The Labute approximate surface area is 142 Å². The van der Waals surface area contributed by atoms with E-state index in [1.807, 2.05) is 27.7 Å². The van der Waals surface area contributed by atoms with Crippen molar-refractivity contribution in [3.63, 3.8) is 0 Å². The number of rotatable bonds is 8. The van der Waals surface area contributed by atoms with Crippen LogP contribution in [0.4, 0.5) is 0 Å². The van der Waals surface area contributed by atoms with Gasteiger partial charge in [0.25, 0.3) is 0 Å². The highest BCUT2D eigenvalue weighted by molar-refractivity contribution is 6.03. The van der Waals surface area contributed by atoms with Crippen LogP contribution in [-0.4, -0.2) is 23.9 Å². The second-order valence-corrected chi connectivity index (χ2v) is 6.15. The van der Waals surface area contributed by atoms with E-state index in [2.05, 4.69) is 22.6 Å². The molecule has 132 valence electrons. The number of carbonyl (C=O) groups excluding carboxylic acids is 4. The van der Waals surface area contributed by atoms with Crippen molar-refractivity contribution in [3.8, 4) is 0 Å². The molecule has 0 aliphatic carbocycles. The van der Waals surface area contributed by atoms with Gasteiger partial charge in [0.2, 0.25) is 0 Å². The van der Waals surface area contributed by atoms with Crippen LogP contribution in [0.5, 0.6) is 0 Å². The first-order valence-electron chi connectivity index (χ1n) is 7.58. The highest BCUT2D eigenvalue weighted by Gasteiger charge is 2.15. The molecule has 6 nitrogen and oxygen atoms in total. The fraction of sp³-hybridized carbons (Fsp3) is 0.444. The number of esters is 4. The van der Waals surface area contributed by atoms with Crippen molar-refractivity contribution in [2.45, 2.75) is 40.5 Å². The molecule has 0 radical (unpaired) electrons.